The number of ether oxygens (including phenoxy) is 3. The Labute approximate surface area is 168 Å². The zero-order valence-electron chi connectivity index (χ0n) is 15.1. The van der Waals surface area contributed by atoms with Crippen LogP contribution in [0.4, 0.5) is 0 Å². The summed E-state index contributed by atoms with van der Waals surface area (Å²) in [5.41, 5.74) is 1.82. The van der Waals surface area contributed by atoms with Crippen molar-refractivity contribution in [2.45, 2.75) is 6.42 Å². The Bertz CT molecular complexity index is 904. The summed E-state index contributed by atoms with van der Waals surface area (Å²) in [5.74, 6) is 1.64. The monoisotopic (exact) mass is 398 g/mol. The first-order valence-corrected chi connectivity index (χ1v) is 9.17. The average molecular weight is 399 g/mol. The van der Waals surface area contributed by atoms with Crippen molar-refractivity contribution >= 4 is 23.6 Å². The molecule has 0 bridgehead atoms. The van der Waals surface area contributed by atoms with Gasteiger partial charge in [0.05, 0.1) is 5.02 Å². The molecular formula is C21H19ClN2O4. The number of fused-ring (bicyclic) bond motifs is 1. The highest BCUT2D eigenvalue weighted by Gasteiger charge is 2.16. The molecule has 2 aromatic carbocycles. The second kappa shape index (κ2) is 9.67. The molecule has 1 amide bonds. The average Bonchev–Trinajstić information content (AvgIpc) is 2.71. The summed E-state index contributed by atoms with van der Waals surface area (Å²) >= 11 is 6.22. The molecule has 0 fully saturated rings. The van der Waals surface area contributed by atoms with Gasteiger partial charge >= 0.3 is 0 Å². The fourth-order valence-corrected chi connectivity index (χ4v) is 2.95. The predicted octanol–water partition coefficient (Wildman–Crippen LogP) is 3.39. The van der Waals surface area contributed by atoms with Crippen LogP contribution in [0, 0.1) is 11.3 Å². The van der Waals surface area contributed by atoms with E-state index in [1.807, 2.05) is 30.3 Å². The SMILES string of the molecule is N#CCOc1ccc(/C=C/C(=O)NCCc2cc(Cl)c3c(c2)OCCO3)cc1. The molecule has 1 aliphatic heterocycles. The lowest BCUT2D eigenvalue weighted by molar-refractivity contribution is -0.116. The molecule has 1 heterocycles. The molecule has 7 heteroatoms. The van der Waals surface area contributed by atoms with E-state index in [9.17, 15) is 4.79 Å². The van der Waals surface area contributed by atoms with E-state index in [1.54, 1.807) is 18.2 Å². The molecule has 0 spiro atoms. The molecule has 0 saturated heterocycles. The van der Waals surface area contributed by atoms with E-state index < -0.39 is 0 Å². The highest BCUT2D eigenvalue weighted by molar-refractivity contribution is 6.32. The van der Waals surface area contributed by atoms with Crippen LogP contribution in [0.5, 0.6) is 17.2 Å². The van der Waals surface area contributed by atoms with Gasteiger partial charge in [-0.05, 0) is 47.9 Å². The summed E-state index contributed by atoms with van der Waals surface area (Å²) < 4.78 is 16.2. The quantitative estimate of drug-likeness (QED) is 0.723. The van der Waals surface area contributed by atoms with Crippen molar-refractivity contribution in [2.24, 2.45) is 0 Å². The summed E-state index contributed by atoms with van der Waals surface area (Å²) in [4.78, 5) is 12.0. The van der Waals surface area contributed by atoms with Crippen molar-refractivity contribution < 1.29 is 19.0 Å². The van der Waals surface area contributed by atoms with E-state index >= 15 is 0 Å². The first-order valence-electron chi connectivity index (χ1n) is 8.79. The molecule has 0 unspecified atom stereocenters. The number of hydrogen-bond donors (Lipinski definition) is 1. The van der Waals surface area contributed by atoms with Crippen molar-refractivity contribution in [3.63, 3.8) is 0 Å². The van der Waals surface area contributed by atoms with Gasteiger partial charge in [0.2, 0.25) is 5.91 Å². The lowest BCUT2D eigenvalue weighted by atomic mass is 10.1. The lowest BCUT2D eigenvalue weighted by Crippen LogP contribution is -2.23. The fraction of sp³-hybridized carbons (Fsp3) is 0.238. The Morgan fingerprint density at radius 2 is 2.04 bits per heavy atom. The number of benzene rings is 2. The fourth-order valence-electron chi connectivity index (χ4n) is 2.66. The molecule has 0 radical (unpaired) electrons. The van der Waals surface area contributed by atoms with E-state index in [4.69, 9.17) is 31.1 Å². The van der Waals surface area contributed by atoms with Gasteiger partial charge in [-0.2, -0.15) is 5.26 Å². The van der Waals surface area contributed by atoms with Gasteiger partial charge in [0.25, 0.3) is 0 Å². The molecule has 144 valence electrons. The van der Waals surface area contributed by atoms with Crippen molar-refractivity contribution in [1.29, 1.82) is 5.26 Å². The second-order valence-electron chi connectivity index (χ2n) is 5.99. The number of nitrogens with one attached hydrogen (secondary N) is 1. The Morgan fingerprint density at radius 3 is 2.82 bits per heavy atom. The minimum Gasteiger partial charge on any atom is -0.486 e. The minimum absolute atomic E-state index is 0.00612. The number of nitrogens with zero attached hydrogens (tertiary/aromatic N) is 1. The van der Waals surface area contributed by atoms with Crippen LogP contribution in [-0.2, 0) is 11.2 Å². The maximum atomic E-state index is 12.0. The van der Waals surface area contributed by atoms with Crippen molar-refractivity contribution in [3.05, 3.63) is 58.6 Å². The van der Waals surface area contributed by atoms with E-state index in [2.05, 4.69) is 5.32 Å². The topological polar surface area (TPSA) is 80.6 Å². The van der Waals surface area contributed by atoms with Gasteiger partial charge in [0.15, 0.2) is 18.1 Å². The Balaban J connectivity index is 1.47. The van der Waals surface area contributed by atoms with Crippen molar-refractivity contribution in [2.75, 3.05) is 26.4 Å². The van der Waals surface area contributed by atoms with Crippen LogP contribution < -0.4 is 19.5 Å². The third-order valence-corrected chi connectivity index (χ3v) is 4.26. The number of rotatable bonds is 7. The van der Waals surface area contributed by atoms with Gasteiger partial charge in [0.1, 0.15) is 25.0 Å². The number of carbonyl (C=O) groups excluding carboxylic acids is 1. The first kappa shape index (κ1) is 19.6. The van der Waals surface area contributed by atoms with Gasteiger partial charge in [0, 0.05) is 12.6 Å². The second-order valence-corrected chi connectivity index (χ2v) is 6.40. The lowest BCUT2D eigenvalue weighted by Gasteiger charge is -2.20. The van der Waals surface area contributed by atoms with Gasteiger partial charge in [-0.15, -0.1) is 0 Å². The van der Waals surface area contributed by atoms with Crippen molar-refractivity contribution in [1.82, 2.24) is 5.32 Å². The number of amides is 1. The van der Waals surface area contributed by atoms with Crippen LogP contribution in [-0.4, -0.2) is 32.3 Å². The maximum Gasteiger partial charge on any atom is 0.244 e. The van der Waals surface area contributed by atoms with Crippen LogP contribution in [0.2, 0.25) is 5.02 Å². The number of nitriles is 1. The van der Waals surface area contributed by atoms with Crippen LogP contribution in [0.1, 0.15) is 11.1 Å². The molecule has 28 heavy (non-hydrogen) atoms. The van der Waals surface area contributed by atoms with Gasteiger partial charge in [-0.3, -0.25) is 4.79 Å². The van der Waals surface area contributed by atoms with E-state index in [0.29, 0.717) is 48.5 Å². The molecule has 0 aromatic heterocycles. The normalized spacial score (nSPS) is 12.4. The smallest absolute Gasteiger partial charge is 0.244 e. The summed E-state index contributed by atoms with van der Waals surface area (Å²) in [6.07, 6.45) is 3.81. The Morgan fingerprint density at radius 1 is 1.25 bits per heavy atom. The molecule has 0 saturated carbocycles. The molecule has 2 aromatic rings. The maximum absolute atomic E-state index is 12.0. The van der Waals surface area contributed by atoms with Crippen LogP contribution >= 0.6 is 11.6 Å². The van der Waals surface area contributed by atoms with Crippen molar-refractivity contribution in [3.8, 4) is 23.3 Å². The third kappa shape index (κ3) is 5.41. The zero-order valence-corrected chi connectivity index (χ0v) is 15.9. The summed E-state index contributed by atoms with van der Waals surface area (Å²) in [6, 6.07) is 12.8. The first-order chi connectivity index (χ1) is 13.7. The van der Waals surface area contributed by atoms with E-state index in [0.717, 1.165) is 11.1 Å². The van der Waals surface area contributed by atoms with Gasteiger partial charge in [-0.25, -0.2) is 0 Å². The molecule has 0 aliphatic carbocycles. The zero-order chi connectivity index (χ0) is 19.8. The predicted molar refractivity (Wildman–Crippen MR) is 106 cm³/mol. The molecule has 0 atom stereocenters. The molecule has 3 rings (SSSR count). The number of halogens is 1. The van der Waals surface area contributed by atoms with E-state index in [1.165, 1.54) is 6.08 Å². The highest BCUT2D eigenvalue weighted by Crippen LogP contribution is 2.38. The van der Waals surface area contributed by atoms with Crippen LogP contribution in [0.15, 0.2) is 42.5 Å². The summed E-state index contributed by atoms with van der Waals surface area (Å²) in [7, 11) is 0. The Kier molecular flexibility index (Phi) is 6.77. The minimum atomic E-state index is -0.187. The molecule has 1 N–H and O–H groups in total. The van der Waals surface area contributed by atoms with Crippen LogP contribution in [0.25, 0.3) is 6.08 Å². The standard InChI is InChI=1S/C21H19ClN2O4/c22-18-13-16(14-19-21(18)28-12-11-27-19)7-9-24-20(25)6-3-15-1-4-17(5-2-15)26-10-8-23/h1-6,13-14H,7,9-12H2,(H,24,25)/b6-3+. The summed E-state index contributed by atoms with van der Waals surface area (Å²) in [5, 5.41) is 11.8. The van der Waals surface area contributed by atoms with Crippen LogP contribution in [0.3, 0.4) is 0 Å². The Hall–Kier alpha value is -3.17. The van der Waals surface area contributed by atoms with E-state index in [-0.39, 0.29) is 12.5 Å². The molecule has 1 aliphatic rings. The molecule has 6 nitrogen and oxygen atoms in total. The largest absolute Gasteiger partial charge is 0.486 e. The number of hydrogen-bond acceptors (Lipinski definition) is 5. The van der Waals surface area contributed by atoms with Gasteiger partial charge < -0.3 is 19.5 Å². The third-order valence-electron chi connectivity index (χ3n) is 3.98. The number of carbonyl (C=O) groups is 1. The summed E-state index contributed by atoms with van der Waals surface area (Å²) in [6.45, 7) is 1.47. The highest BCUT2D eigenvalue weighted by atomic mass is 35.5. The van der Waals surface area contributed by atoms with Gasteiger partial charge in [-0.1, -0.05) is 23.7 Å². The molecular weight excluding hydrogens is 380 g/mol.